The number of carbonyl (C=O) groups is 1. The van der Waals surface area contributed by atoms with Crippen LogP contribution in [0, 0.1) is 0 Å². The Morgan fingerprint density at radius 2 is 1.96 bits per heavy atom. The van der Waals surface area contributed by atoms with Crippen molar-refractivity contribution in [3.05, 3.63) is 74.5 Å². The summed E-state index contributed by atoms with van der Waals surface area (Å²) in [6.45, 7) is 0.346. The van der Waals surface area contributed by atoms with Crippen LogP contribution in [0.3, 0.4) is 0 Å². The topological polar surface area (TPSA) is 84.2 Å². The minimum Gasteiger partial charge on any atom is -0.396 e. The Labute approximate surface area is 161 Å². The van der Waals surface area contributed by atoms with Gasteiger partial charge < -0.3 is 10.4 Å². The fourth-order valence-corrected chi connectivity index (χ4v) is 3.14. The third kappa shape index (κ3) is 4.18. The van der Waals surface area contributed by atoms with Gasteiger partial charge in [0.2, 0.25) is 5.43 Å². The van der Waals surface area contributed by atoms with Gasteiger partial charge in [0, 0.05) is 25.2 Å². The molecule has 0 saturated carbocycles. The van der Waals surface area contributed by atoms with Crippen molar-refractivity contribution < 1.29 is 9.90 Å². The molecule has 0 aliphatic carbocycles. The molecular weight excluding hydrogens is 366 g/mol. The van der Waals surface area contributed by atoms with Crippen molar-refractivity contribution in [3.63, 3.8) is 0 Å². The van der Waals surface area contributed by atoms with Crippen molar-refractivity contribution in [1.29, 1.82) is 0 Å². The normalized spacial score (nSPS) is 10.9. The Balaban J connectivity index is 1.90. The van der Waals surface area contributed by atoms with E-state index in [9.17, 15) is 9.59 Å². The summed E-state index contributed by atoms with van der Waals surface area (Å²) in [5.41, 5.74) is 1.93. The van der Waals surface area contributed by atoms with E-state index in [0.717, 1.165) is 11.1 Å². The standard InChI is InChI=1S/C20H20ClN3O3/c1-24-18-14(5-3-11-25)4-2-6-16(18)19(26)17(23-24)20(27)22-12-13-7-9-15(21)10-8-13/h2,4,6-10,25H,3,5,11-12H2,1H3,(H,22,27). The Kier molecular flexibility index (Phi) is 5.88. The molecule has 0 atom stereocenters. The van der Waals surface area contributed by atoms with E-state index in [-0.39, 0.29) is 18.8 Å². The van der Waals surface area contributed by atoms with Crippen LogP contribution in [0.25, 0.3) is 10.9 Å². The van der Waals surface area contributed by atoms with E-state index in [1.54, 1.807) is 36.0 Å². The molecule has 27 heavy (non-hydrogen) atoms. The first-order valence-electron chi connectivity index (χ1n) is 8.63. The number of hydrogen-bond donors (Lipinski definition) is 2. The van der Waals surface area contributed by atoms with Gasteiger partial charge in [-0.2, -0.15) is 5.10 Å². The number of rotatable bonds is 6. The van der Waals surface area contributed by atoms with Gasteiger partial charge in [-0.15, -0.1) is 0 Å². The Bertz CT molecular complexity index is 1030. The quantitative estimate of drug-likeness (QED) is 0.682. The fraction of sp³-hybridized carbons (Fsp3) is 0.250. The zero-order chi connectivity index (χ0) is 19.4. The molecule has 0 saturated heterocycles. The van der Waals surface area contributed by atoms with Gasteiger partial charge in [0.1, 0.15) is 0 Å². The number of halogens is 1. The van der Waals surface area contributed by atoms with Crippen LogP contribution in [-0.4, -0.2) is 27.4 Å². The molecule has 1 heterocycles. The molecule has 6 nitrogen and oxygen atoms in total. The second kappa shape index (κ2) is 8.33. The maximum Gasteiger partial charge on any atom is 0.276 e. The predicted molar refractivity (Wildman–Crippen MR) is 105 cm³/mol. The molecule has 3 aromatic rings. The first-order valence-corrected chi connectivity index (χ1v) is 9.01. The number of nitrogens with zero attached hydrogens (tertiary/aromatic N) is 2. The molecule has 0 radical (unpaired) electrons. The lowest BCUT2D eigenvalue weighted by atomic mass is 10.0. The van der Waals surface area contributed by atoms with Gasteiger partial charge in [0.25, 0.3) is 5.91 Å². The second-order valence-electron chi connectivity index (χ2n) is 6.25. The zero-order valence-corrected chi connectivity index (χ0v) is 15.7. The highest BCUT2D eigenvalue weighted by Crippen LogP contribution is 2.17. The fourth-order valence-electron chi connectivity index (χ4n) is 3.02. The summed E-state index contributed by atoms with van der Waals surface area (Å²) in [5, 5.41) is 17.1. The molecule has 0 bridgehead atoms. The summed E-state index contributed by atoms with van der Waals surface area (Å²) < 4.78 is 1.56. The van der Waals surface area contributed by atoms with Crippen LogP contribution >= 0.6 is 11.6 Å². The van der Waals surface area contributed by atoms with Crippen LogP contribution in [0.5, 0.6) is 0 Å². The molecule has 0 fully saturated rings. The first kappa shape index (κ1) is 19.1. The molecule has 0 aliphatic heterocycles. The predicted octanol–water partition coefficient (Wildman–Crippen LogP) is 2.44. The summed E-state index contributed by atoms with van der Waals surface area (Å²) in [6.07, 6.45) is 1.22. The summed E-state index contributed by atoms with van der Waals surface area (Å²) in [5.74, 6) is -0.520. The van der Waals surface area contributed by atoms with Gasteiger partial charge in [0.05, 0.1) is 10.9 Å². The van der Waals surface area contributed by atoms with Gasteiger partial charge in [0.15, 0.2) is 5.69 Å². The van der Waals surface area contributed by atoms with Gasteiger partial charge in [-0.1, -0.05) is 35.9 Å². The highest BCUT2D eigenvalue weighted by Gasteiger charge is 2.17. The van der Waals surface area contributed by atoms with Crippen molar-refractivity contribution >= 4 is 28.4 Å². The SMILES string of the molecule is Cn1nc(C(=O)NCc2ccc(Cl)cc2)c(=O)c2cccc(CCCO)c21. The molecule has 1 amide bonds. The lowest BCUT2D eigenvalue weighted by Gasteiger charge is -2.12. The summed E-state index contributed by atoms with van der Waals surface area (Å²) >= 11 is 5.85. The van der Waals surface area contributed by atoms with Crippen molar-refractivity contribution in [3.8, 4) is 0 Å². The number of aryl methyl sites for hydroxylation is 2. The van der Waals surface area contributed by atoms with Crippen molar-refractivity contribution in [2.24, 2.45) is 7.05 Å². The monoisotopic (exact) mass is 385 g/mol. The molecule has 7 heteroatoms. The van der Waals surface area contributed by atoms with E-state index in [1.807, 2.05) is 18.2 Å². The largest absolute Gasteiger partial charge is 0.396 e. The number of aromatic nitrogens is 2. The van der Waals surface area contributed by atoms with Crippen molar-refractivity contribution in [2.75, 3.05) is 6.61 Å². The zero-order valence-electron chi connectivity index (χ0n) is 14.9. The molecular formula is C20H20ClN3O3. The van der Waals surface area contributed by atoms with E-state index < -0.39 is 11.3 Å². The number of aliphatic hydroxyl groups excluding tert-OH is 1. The summed E-state index contributed by atoms with van der Waals surface area (Å²) in [7, 11) is 1.71. The number of nitrogens with one attached hydrogen (secondary N) is 1. The Hall–Kier alpha value is -2.70. The van der Waals surface area contributed by atoms with Crippen molar-refractivity contribution in [2.45, 2.75) is 19.4 Å². The van der Waals surface area contributed by atoms with Crippen LogP contribution < -0.4 is 10.7 Å². The first-order chi connectivity index (χ1) is 13.0. The number of amides is 1. The summed E-state index contributed by atoms with van der Waals surface area (Å²) in [4.78, 5) is 25.3. The maximum atomic E-state index is 12.8. The van der Waals surface area contributed by atoms with E-state index in [0.29, 0.717) is 28.8 Å². The van der Waals surface area contributed by atoms with Crippen LogP contribution in [0.2, 0.25) is 5.02 Å². The molecule has 0 unspecified atom stereocenters. The van der Waals surface area contributed by atoms with E-state index in [1.165, 1.54) is 0 Å². The van der Waals surface area contributed by atoms with Crippen LogP contribution in [0.4, 0.5) is 0 Å². The van der Waals surface area contributed by atoms with Crippen molar-refractivity contribution in [1.82, 2.24) is 15.1 Å². The van der Waals surface area contributed by atoms with Crippen LogP contribution in [-0.2, 0) is 20.0 Å². The third-order valence-electron chi connectivity index (χ3n) is 4.34. The van der Waals surface area contributed by atoms with Gasteiger partial charge in [-0.3, -0.25) is 14.3 Å². The highest BCUT2D eigenvalue weighted by molar-refractivity contribution is 6.30. The number of benzene rings is 2. The van der Waals surface area contributed by atoms with Gasteiger partial charge in [-0.25, -0.2) is 0 Å². The van der Waals surface area contributed by atoms with Crippen LogP contribution in [0.15, 0.2) is 47.3 Å². The summed E-state index contributed by atoms with van der Waals surface area (Å²) in [6, 6.07) is 12.5. The van der Waals surface area contributed by atoms with E-state index >= 15 is 0 Å². The van der Waals surface area contributed by atoms with Gasteiger partial charge in [-0.05, 0) is 42.2 Å². The average Bonchev–Trinajstić information content (AvgIpc) is 2.68. The van der Waals surface area contributed by atoms with Gasteiger partial charge >= 0.3 is 0 Å². The van der Waals surface area contributed by atoms with Crippen LogP contribution in [0.1, 0.15) is 28.0 Å². The molecule has 2 N–H and O–H groups in total. The third-order valence-corrected chi connectivity index (χ3v) is 4.59. The molecule has 2 aromatic carbocycles. The van der Waals surface area contributed by atoms with E-state index in [2.05, 4.69) is 10.4 Å². The van der Waals surface area contributed by atoms with E-state index in [4.69, 9.17) is 16.7 Å². The smallest absolute Gasteiger partial charge is 0.276 e. The lowest BCUT2D eigenvalue weighted by molar-refractivity contribution is 0.0943. The number of carbonyl (C=O) groups excluding carboxylic acids is 1. The molecule has 3 rings (SSSR count). The highest BCUT2D eigenvalue weighted by atomic mass is 35.5. The Morgan fingerprint density at radius 1 is 1.22 bits per heavy atom. The Morgan fingerprint density at radius 3 is 2.67 bits per heavy atom. The number of hydrogen-bond acceptors (Lipinski definition) is 4. The lowest BCUT2D eigenvalue weighted by Crippen LogP contribution is -2.31. The molecule has 1 aromatic heterocycles. The maximum absolute atomic E-state index is 12.8. The number of fused-ring (bicyclic) bond motifs is 1. The molecule has 0 spiro atoms. The molecule has 0 aliphatic rings. The number of aliphatic hydroxyl groups is 1. The molecule has 140 valence electrons. The minimum absolute atomic E-state index is 0.0724. The number of para-hydroxylation sites is 1. The minimum atomic E-state index is -0.520. The second-order valence-corrected chi connectivity index (χ2v) is 6.69. The average molecular weight is 386 g/mol.